The molecule has 1 aromatic heterocycles. The number of benzene rings is 2. The second-order valence-electron chi connectivity index (χ2n) is 10.6. The zero-order valence-corrected chi connectivity index (χ0v) is 23.9. The van der Waals surface area contributed by atoms with Crippen molar-refractivity contribution in [2.24, 2.45) is 0 Å². The van der Waals surface area contributed by atoms with Gasteiger partial charge in [0.2, 0.25) is 5.91 Å². The number of hydrogen-bond acceptors (Lipinski definition) is 6. The molecular weight excluding hydrogens is 518 g/mol. The van der Waals surface area contributed by atoms with Gasteiger partial charge in [0.25, 0.3) is 11.8 Å². The number of piperazine rings is 1. The van der Waals surface area contributed by atoms with Crippen molar-refractivity contribution < 1.29 is 18.8 Å². The number of amides is 3. The molecule has 2 fully saturated rings. The van der Waals surface area contributed by atoms with Crippen molar-refractivity contribution in [3.05, 3.63) is 77.2 Å². The van der Waals surface area contributed by atoms with E-state index in [1.807, 2.05) is 11.0 Å². The van der Waals surface area contributed by atoms with Gasteiger partial charge in [0.05, 0.1) is 11.4 Å². The van der Waals surface area contributed by atoms with Crippen LogP contribution in [0.5, 0.6) is 0 Å². The van der Waals surface area contributed by atoms with Crippen LogP contribution >= 0.6 is 0 Å². The lowest BCUT2D eigenvalue weighted by Crippen LogP contribution is -2.47. The number of nitrogens with one attached hydrogen (secondary N) is 2. The lowest BCUT2D eigenvalue weighted by Gasteiger charge is -2.39. The zero-order chi connectivity index (χ0) is 28.8. The molecule has 2 saturated heterocycles. The maximum atomic E-state index is 13.1. The van der Waals surface area contributed by atoms with E-state index < -0.39 is 0 Å². The van der Waals surface area contributed by atoms with E-state index in [1.54, 1.807) is 31.2 Å². The van der Waals surface area contributed by atoms with Crippen molar-refractivity contribution in [1.29, 1.82) is 0 Å². The molecule has 0 atom stereocenters. The van der Waals surface area contributed by atoms with Crippen LogP contribution in [0.4, 0.5) is 17.1 Å². The van der Waals surface area contributed by atoms with Gasteiger partial charge in [0.1, 0.15) is 5.76 Å². The third kappa shape index (κ3) is 6.73. The summed E-state index contributed by atoms with van der Waals surface area (Å²) in [4.78, 5) is 44.4. The summed E-state index contributed by atoms with van der Waals surface area (Å²) in [5.74, 6) is 0.496. The standard InChI is InChI=1S/C32H39N5O4/c1-3-24-8-4-5-9-27(24)35-18-20-36(21-19-35)28-13-12-25(22-26(28)34-32(40)29-14-11-23(2)41-29)31(39)33-15-7-17-37-16-6-10-30(37)38/h4-5,8-9,11-14,22H,3,6-7,10,15-21H2,1-2H3,(H,33,39)(H,34,40). The Morgan fingerprint density at radius 2 is 1.66 bits per heavy atom. The van der Waals surface area contributed by atoms with Gasteiger partial charge >= 0.3 is 0 Å². The number of hydrogen-bond donors (Lipinski definition) is 2. The molecule has 2 aliphatic heterocycles. The number of rotatable bonds is 10. The molecule has 9 heteroatoms. The minimum absolute atomic E-state index is 0.189. The Morgan fingerprint density at radius 3 is 2.34 bits per heavy atom. The first kappa shape index (κ1) is 28.3. The molecule has 2 aliphatic rings. The van der Waals surface area contributed by atoms with Crippen molar-refractivity contribution in [2.75, 3.05) is 60.9 Å². The van der Waals surface area contributed by atoms with Gasteiger partial charge in [-0.1, -0.05) is 25.1 Å². The summed E-state index contributed by atoms with van der Waals surface area (Å²) >= 11 is 0. The van der Waals surface area contributed by atoms with E-state index in [4.69, 9.17) is 4.42 Å². The third-order valence-corrected chi connectivity index (χ3v) is 7.87. The summed E-state index contributed by atoms with van der Waals surface area (Å²) in [5.41, 5.74) is 4.52. The molecule has 216 valence electrons. The van der Waals surface area contributed by atoms with E-state index >= 15 is 0 Å². The third-order valence-electron chi connectivity index (χ3n) is 7.87. The van der Waals surface area contributed by atoms with Crippen LogP contribution in [0.3, 0.4) is 0 Å². The molecule has 2 aromatic carbocycles. The highest BCUT2D eigenvalue weighted by molar-refractivity contribution is 6.05. The van der Waals surface area contributed by atoms with E-state index in [0.29, 0.717) is 42.9 Å². The van der Waals surface area contributed by atoms with E-state index in [2.05, 4.69) is 51.6 Å². The van der Waals surface area contributed by atoms with Gasteiger partial charge in [-0.3, -0.25) is 14.4 Å². The van der Waals surface area contributed by atoms with E-state index in [0.717, 1.165) is 51.3 Å². The van der Waals surface area contributed by atoms with Crippen molar-refractivity contribution in [3.63, 3.8) is 0 Å². The van der Waals surface area contributed by atoms with Gasteiger partial charge in [0.15, 0.2) is 5.76 Å². The predicted molar refractivity (Wildman–Crippen MR) is 161 cm³/mol. The Morgan fingerprint density at radius 1 is 0.902 bits per heavy atom. The van der Waals surface area contributed by atoms with E-state index in [1.165, 1.54) is 11.3 Å². The highest BCUT2D eigenvalue weighted by Gasteiger charge is 2.24. The molecule has 0 spiro atoms. The van der Waals surface area contributed by atoms with Crippen LogP contribution in [0, 0.1) is 6.92 Å². The Kier molecular flexibility index (Phi) is 8.91. The molecular formula is C32H39N5O4. The first-order valence-electron chi connectivity index (χ1n) is 14.6. The summed E-state index contributed by atoms with van der Waals surface area (Å²) in [6, 6.07) is 17.4. The number of aryl methyl sites for hydroxylation is 2. The fraction of sp³-hybridized carbons (Fsp3) is 0.406. The van der Waals surface area contributed by atoms with E-state index in [-0.39, 0.29) is 23.5 Å². The lowest BCUT2D eigenvalue weighted by molar-refractivity contribution is -0.127. The highest BCUT2D eigenvalue weighted by Crippen LogP contribution is 2.31. The molecule has 2 N–H and O–H groups in total. The average Bonchev–Trinajstić information content (AvgIpc) is 3.62. The van der Waals surface area contributed by atoms with Crippen molar-refractivity contribution in [1.82, 2.24) is 10.2 Å². The molecule has 5 rings (SSSR count). The number of likely N-dealkylation sites (tertiary alicyclic amines) is 1. The number of carbonyl (C=O) groups is 3. The first-order valence-corrected chi connectivity index (χ1v) is 14.6. The Hall–Kier alpha value is -4.27. The summed E-state index contributed by atoms with van der Waals surface area (Å²) in [6.07, 6.45) is 3.21. The molecule has 41 heavy (non-hydrogen) atoms. The molecule has 9 nitrogen and oxygen atoms in total. The molecule has 3 heterocycles. The van der Waals surface area contributed by atoms with Gasteiger partial charge in [-0.15, -0.1) is 0 Å². The van der Waals surface area contributed by atoms with Crippen LogP contribution in [0.1, 0.15) is 58.4 Å². The second-order valence-corrected chi connectivity index (χ2v) is 10.6. The first-order chi connectivity index (χ1) is 19.9. The number of para-hydroxylation sites is 1. The second kappa shape index (κ2) is 12.9. The molecule has 3 aromatic rings. The molecule has 0 radical (unpaired) electrons. The minimum Gasteiger partial charge on any atom is -0.456 e. The number of nitrogens with zero attached hydrogens (tertiary/aromatic N) is 3. The molecule has 3 amide bonds. The zero-order valence-electron chi connectivity index (χ0n) is 23.9. The quantitative estimate of drug-likeness (QED) is 0.357. The number of anilines is 3. The highest BCUT2D eigenvalue weighted by atomic mass is 16.3. The van der Waals surface area contributed by atoms with Crippen molar-refractivity contribution >= 4 is 34.8 Å². The van der Waals surface area contributed by atoms with Gasteiger partial charge in [0, 0.05) is 63.5 Å². The summed E-state index contributed by atoms with van der Waals surface area (Å²) < 4.78 is 5.54. The van der Waals surface area contributed by atoms with Gasteiger partial charge < -0.3 is 29.8 Å². The predicted octanol–water partition coefficient (Wildman–Crippen LogP) is 4.47. The van der Waals surface area contributed by atoms with Crippen molar-refractivity contribution in [2.45, 2.75) is 39.5 Å². The van der Waals surface area contributed by atoms with Crippen LogP contribution in [0.2, 0.25) is 0 Å². The number of furan rings is 1. The molecule has 0 unspecified atom stereocenters. The van der Waals surface area contributed by atoms with Crippen LogP contribution in [0.15, 0.2) is 59.0 Å². The fourth-order valence-electron chi connectivity index (χ4n) is 5.61. The largest absolute Gasteiger partial charge is 0.456 e. The molecule has 0 saturated carbocycles. The Labute approximate surface area is 241 Å². The molecule has 0 aliphatic carbocycles. The monoisotopic (exact) mass is 557 g/mol. The lowest BCUT2D eigenvalue weighted by atomic mass is 10.1. The smallest absolute Gasteiger partial charge is 0.291 e. The van der Waals surface area contributed by atoms with Crippen LogP contribution in [-0.4, -0.2) is 68.4 Å². The average molecular weight is 558 g/mol. The van der Waals surface area contributed by atoms with Gasteiger partial charge in [-0.05, 0) is 68.1 Å². The Balaban J connectivity index is 1.28. The van der Waals surface area contributed by atoms with Gasteiger partial charge in [-0.2, -0.15) is 0 Å². The fourth-order valence-corrected chi connectivity index (χ4v) is 5.61. The SMILES string of the molecule is CCc1ccccc1N1CCN(c2ccc(C(=O)NCCCN3CCCC3=O)cc2NC(=O)c2ccc(C)o2)CC1. The topological polar surface area (TPSA) is 98.1 Å². The van der Waals surface area contributed by atoms with Crippen LogP contribution in [-0.2, 0) is 11.2 Å². The van der Waals surface area contributed by atoms with Crippen LogP contribution < -0.4 is 20.4 Å². The summed E-state index contributed by atoms with van der Waals surface area (Å²) in [7, 11) is 0. The van der Waals surface area contributed by atoms with Crippen molar-refractivity contribution in [3.8, 4) is 0 Å². The maximum Gasteiger partial charge on any atom is 0.291 e. The van der Waals surface area contributed by atoms with Gasteiger partial charge in [-0.25, -0.2) is 0 Å². The normalized spacial score (nSPS) is 15.4. The number of carbonyl (C=O) groups excluding carboxylic acids is 3. The maximum absolute atomic E-state index is 13.1. The summed E-state index contributed by atoms with van der Waals surface area (Å²) in [5, 5.41) is 5.95. The Bertz CT molecular complexity index is 1390. The molecule has 0 bridgehead atoms. The van der Waals surface area contributed by atoms with E-state index in [9.17, 15) is 14.4 Å². The van der Waals surface area contributed by atoms with Crippen LogP contribution in [0.25, 0.3) is 0 Å². The minimum atomic E-state index is -0.359. The summed E-state index contributed by atoms with van der Waals surface area (Å²) in [6.45, 7) is 9.15.